The van der Waals surface area contributed by atoms with E-state index < -0.39 is 0 Å². The van der Waals surface area contributed by atoms with Crippen LogP contribution in [0.3, 0.4) is 0 Å². The molecule has 0 unspecified atom stereocenters. The molecule has 4 heteroatoms. The zero-order chi connectivity index (χ0) is 13.8. The van der Waals surface area contributed by atoms with E-state index in [-0.39, 0.29) is 6.17 Å². The van der Waals surface area contributed by atoms with Crippen LogP contribution in [0.15, 0.2) is 48.5 Å². The lowest BCUT2D eigenvalue weighted by molar-refractivity contribution is 0.413. The van der Waals surface area contributed by atoms with Crippen LogP contribution in [-0.2, 0) is 0 Å². The van der Waals surface area contributed by atoms with E-state index in [2.05, 4.69) is 22.8 Å². The lowest BCUT2D eigenvalue weighted by atomic mass is 10.2. The van der Waals surface area contributed by atoms with Crippen molar-refractivity contribution < 1.29 is 9.47 Å². The summed E-state index contributed by atoms with van der Waals surface area (Å²) in [5, 5.41) is 6.78. The first-order valence-corrected chi connectivity index (χ1v) is 6.74. The lowest BCUT2D eigenvalue weighted by Gasteiger charge is -2.12. The minimum atomic E-state index is 0.255. The molecule has 0 aromatic heterocycles. The largest absolute Gasteiger partial charge is 0.497 e. The lowest BCUT2D eigenvalue weighted by Crippen LogP contribution is -2.20. The minimum absolute atomic E-state index is 0.255. The highest BCUT2D eigenvalue weighted by atomic mass is 16.5. The predicted molar refractivity (Wildman–Crippen MR) is 78.3 cm³/mol. The monoisotopic (exact) mass is 270 g/mol. The minimum Gasteiger partial charge on any atom is -0.497 e. The van der Waals surface area contributed by atoms with Crippen LogP contribution < -0.4 is 20.1 Å². The second-order valence-electron chi connectivity index (χ2n) is 4.69. The van der Waals surface area contributed by atoms with Gasteiger partial charge < -0.3 is 9.47 Å². The SMILES string of the molecule is COc1ccc(Oc2ccc(C3NCCN3)cc2)cc1. The molecule has 0 radical (unpaired) electrons. The van der Waals surface area contributed by atoms with Crippen LogP contribution in [0.2, 0.25) is 0 Å². The molecule has 2 aromatic rings. The average molecular weight is 270 g/mol. The molecular formula is C16H18N2O2. The molecule has 20 heavy (non-hydrogen) atoms. The summed E-state index contributed by atoms with van der Waals surface area (Å²) in [5.74, 6) is 2.46. The highest BCUT2D eigenvalue weighted by molar-refractivity contribution is 5.36. The number of hydrogen-bond acceptors (Lipinski definition) is 4. The Bertz CT molecular complexity index is 546. The van der Waals surface area contributed by atoms with E-state index >= 15 is 0 Å². The Morgan fingerprint density at radius 2 is 1.30 bits per heavy atom. The van der Waals surface area contributed by atoms with E-state index in [1.54, 1.807) is 7.11 Å². The Labute approximate surface area is 118 Å². The molecule has 1 aliphatic heterocycles. The first-order valence-electron chi connectivity index (χ1n) is 6.74. The van der Waals surface area contributed by atoms with Gasteiger partial charge >= 0.3 is 0 Å². The fourth-order valence-electron chi connectivity index (χ4n) is 2.25. The quantitative estimate of drug-likeness (QED) is 0.896. The molecule has 2 aromatic carbocycles. The van der Waals surface area contributed by atoms with Gasteiger partial charge in [-0.3, -0.25) is 10.6 Å². The molecule has 104 valence electrons. The van der Waals surface area contributed by atoms with Crippen molar-refractivity contribution in [2.24, 2.45) is 0 Å². The standard InChI is InChI=1S/C16H18N2O2/c1-19-13-6-8-15(9-7-13)20-14-4-2-12(3-5-14)16-17-10-11-18-16/h2-9,16-18H,10-11H2,1H3. The first kappa shape index (κ1) is 13.0. The van der Waals surface area contributed by atoms with Gasteiger partial charge in [0.1, 0.15) is 17.2 Å². The molecule has 1 fully saturated rings. The Hall–Kier alpha value is -2.04. The predicted octanol–water partition coefficient (Wildman–Crippen LogP) is 2.68. The summed E-state index contributed by atoms with van der Waals surface area (Å²) in [5.41, 5.74) is 1.23. The molecule has 4 nitrogen and oxygen atoms in total. The van der Waals surface area contributed by atoms with Crippen molar-refractivity contribution >= 4 is 0 Å². The smallest absolute Gasteiger partial charge is 0.127 e. The maximum absolute atomic E-state index is 5.80. The van der Waals surface area contributed by atoms with E-state index in [9.17, 15) is 0 Å². The molecule has 1 aliphatic rings. The Morgan fingerprint density at radius 3 is 1.85 bits per heavy atom. The van der Waals surface area contributed by atoms with E-state index in [1.807, 2.05) is 36.4 Å². The average Bonchev–Trinajstić information content (AvgIpc) is 3.03. The Morgan fingerprint density at radius 1 is 0.800 bits per heavy atom. The van der Waals surface area contributed by atoms with Gasteiger partial charge in [0, 0.05) is 13.1 Å². The summed E-state index contributed by atoms with van der Waals surface area (Å²) >= 11 is 0. The van der Waals surface area contributed by atoms with Crippen LogP contribution in [0.25, 0.3) is 0 Å². The molecule has 0 bridgehead atoms. The van der Waals surface area contributed by atoms with Gasteiger partial charge in [-0.1, -0.05) is 12.1 Å². The summed E-state index contributed by atoms with van der Waals surface area (Å²) in [4.78, 5) is 0. The number of methoxy groups -OCH3 is 1. The van der Waals surface area contributed by atoms with E-state index in [4.69, 9.17) is 9.47 Å². The third kappa shape index (κ3) is 2.92. The number of nitrogens with one attached hydrogen (secondary N) is 2. The van der Waals surface area contributed by atoms with E-state index in [0.29, 0.717) is 0 Å². The molecule has 0 saturated carbocycles. The maximum Gasteiger partial charge on any atom is 0.127 e. The molecular weight excluding hydrogens is 252 g/mol. The fraction of sp³-hybridized carbons (Fsp3) is 0.250. The van der Waals surface area contributed by atoms with Crippen LogP contribution in [-0.4, -0.2) is 20.2 Å². The van der Waals surface area contributed by atoms with Gasteiger partial charge in [0.05, 0.1) is 13.3 Å². The molecule has 0 spiro atoms. The highest BCUT2D eigenvalue weighted by Gasteiger charge is 2.14. The maximum atomic E-state index is 5.80. The molecule has 0 atom stereocenters. The molecule has 1 heterocycles. The topological polar surface area (TPSA) is 42.5 Å². The second kappa shape index (κ2) is 5.94. The highest BCUT2D eigenvalue weighted by Crippen LogP contribution is 2.25. The Balaban J connectivity index is 1.67. The van der Waals surface area contributed by atoms with E-state index in [0.717, 1.165) is 30.3 Å². The van der Waals surface area contributed by atoms with Crippen LogP contribution in [0, 0.1) is 0 Å². The van der Waals surface area contributed by atoms with Crippen molar-refractivity contribution in [3.8, 4) is 17.2 Å². The van der Waals surface area contributed by atoms with Crippen molar-refractivity contribution in [3.05, 3.63) is 54.1 Å². The summed E-state index contributed by atoms with van der Waals surface area (Å²) in [6.45, 7) is 2.02. The third-order valence-corrected chi connectivity index (χ3v) is 3.33. The Kier molecular flexibility index (Phi) is 3.85. The first-order chi connectivity index (χ1) is 9.85. The summed E-state index contributed by atoms with van der Waals surface area (Å²) in [6.07, 6.45) is 0.255. The number of ether oxygens (including phenoxy) is 2. The number of hydrogen-bond donors (Lipinski definition) is 2. The molecule has 1 saturated heterocycles. The number of rotatable bonds is 4. The van der Waals surface area contributed by atoms with Crippen LogP contribution in [0.5, 0.6) is 17.2 Å². The summed E-state index contributed by atoms with van der Waals surface area (Å²) in [6, 6.07) is 15.7. The molecule has 0 aliphatic carbocycles. The van der Waals surface area contributed by atoms with Gasteiger partial charge in [-0.15, -0.1) is 0 Å². The van der Waals surface area contributed by atoms with Crippen LogP contribution in [0.4, 0.5) is 0 Å². The van der Waals surface area contributed by atoms with Gasteiger partial charge in [0.2, 0.25) is 0 Å². The number of benzene rings is 2. The molecule has 0 amide bonds. The molecule has 2 N–H and O–H groups in total. The van der Waals surface area contributed by atoms with Crippen molar-refractivity contribution in [2.75, 3.05) is 20.2 Å². The van der Waals surface area contributed by atoms with Gasteiger partial charge in [0.25, 0.3) is 0 Å². The van der Waals surface area contributed by atoms with Crippen LogP contribution >= 0.6 is 0 Å². The summed E-state index contributed by atoms with van der Waals surface area (Å²) in [7, 11) is 1.65. The molecule has 3 rings (SSSR count). The normalized spacial score (nSPS) is 15.2. The zero-order valence-electron chi connectivity index (χ0n) is 11.4. The van der Waals surface area contributed by atoms with Crippen molar-refractivity contribution in [2.45, 2.75) is 6.17 Å². The van der Waals surface area contributed by atoms with Gasteiger partial charge in [-0.25, -0.2) is 0 Å². The van der Waals surface area contributed by atoms with Crippen molar-refractivity contribution in [3.63, 3.8) is 0 Å². The fourth-order valence-corrected chi connectivity index (χ4v) is 2.25. The van der Waals surface area contributed by atoms with Crippen LogP contribution in [0.1, 0.15) is 11.7 Å². The van der Waals surface area contributed by atoms with Gasteiger partial charge in [0.15, 0.2) is 0 Å². The second-order valence-corrected chi connectivity index (χ2v) is 4.69. The summed E-state index contributed by atoms with van der Waals surface area (Å²) < 4.78 is 10.9. The zero-order valence-corrected chi connectivity index (χ0v) is 11.4. The van der Waals surface area contributed by atoms with Crippen molar-refractivity contribution in [1.29, 1.82) is 0 Å². The third-order valence-electron chi connectivity index (χ3n) is 3.33. The van der Waals surface area contributed by atoms with Gasteiger partial charge in [-0.05, 0) is 42.0 Å². The van der Waals surface area contributed by atoms with Gasteiger partial charge in [-0.2, -0.15) is 0 Å². The van der Waals surface area contributed by atoms with Crippen molar-refractivity contribution in [1.82, 2.24) is 10.6 Å². The van der Waals surface area contributed by atoms with E-state index in [1.165, 1.54) is 5.56 Å².